The van der Waals surface area contributed by atoms with Gasteiger partial charge >= 0.3 is 0 Å². The average molecular weight is 421 g/mol. The summed E-state index contributed by atoms with van der Waals surface area (Å²) in [5, 5.41) is 12.2. The van der Waals surface area contributed by atoms with Crippen molar-refractivity contribution in [2.75, 3.05) is 13.2 Å². The largest absolute Gasteiger partial charge is 0.490 e. The summed E-state index contributed by atoms with van der Waals surface area (Å²) in [5.41, 5.74) is 6.11. The molecule has 1 amide bonds. The number of hydrogen-bond acceptors (Lipinski definition) is 5. The number of benzene rings is 1. The lowest BCUT2D eigenvalue weighted by Crippen LogP contribution is -2.19. The van der Waals surface area contributed by atoms with E-state index in [1.807, 2.05) is 32.2 Å². The number of nitriles is 1. The topological polar surface area (TPSA) is 87.9 Å². The number of halogens is 1. The molecular formula is C23H21ClN4O2. The molecule has 6 nitrogen and oxygen atoms in total. The number of aromatic nitrogens is 2. The molecule has 1 N–H and O–H groups in total. The molecule has 0 saturated heterocycles. The highest BCUT2D eigenvalue weighted by Gasteiger charge is 2.14. The summed E-state index contributed by atoms with van der Waals surface area (Å²) in [6.45, 7) is 4.69. The van der Waals surface area contributed by atoms with Gasteiger partial charge in [-0.3, -0.25) is 14.8 Å². The van der Waals surface area contributed by atoms with Gasteiger partial charge in [0.2, 0.25) is 6.41 Å². The Kier molecular flexibility index (Phi) is 6.99. The molecule has 2 heterocycles. The van der Waals surface area contributed by atoms with Gasteiger partial charge in [0.25, 0.3) is 0 Å². The third-order valence-electron chi connectivity index (χ3n) is 4.72. The predicted octanol–water partition coefficient (Wildman–Crippen LogP) is 4.00. The Balaban J connectivity index is 1.77. The summed E-state index contributed by atoms with van der Waals surface area (Å²) in [4.78, 5) is 18.9. The monoisotopic (exact) mass is 420 g/mol. The lowest BCUT2D eigenvalue weighted by atomic mass is 9.98. The number of ether oxygens (including phenoxy) is 1. The van der Waals surface area contributed by atoms with Gasteiger partial charge in [0.05, 0.1) is 22.8 Å². The van der Waals surface area contributed by atoms with E-state index in [2.05, 4.69) is 27.4 Å². The minimum absolute atomic E-state index is 0.353. The average Bonchev–Trinajstić information content (AvgIpc) is 2.77. The minimum atomic E-state index is 0.353. The second-order valence-corrected chi connectivity index (χ2v) is 7.22. The smallest absolute Gasteiger partial charge is 0.207 e. The van der Waals surface area contributed by atoms with Crippen molar-refractivity contribution in [3.8, 4) is 23.1 Å². The van der Waals surface area contributed by atoms with Crippen LogP contribution in [-0.4, -0.2) is 29.5 Å². The van der Waals surface area contributed by atoms with Crippen LogP contribution in [0.25, 0.3) is 11.3 Å². The third-order valence-corrected chi connectivity index (χ3v) is 5.17. The van der Waals surface area contributed by atoms with Crippen LogP contribution >= 0.6 is 11.6 Å². The van der Waals surface area contributed by atoms with E-state index < -0.39 is 0 Å². The highest BCUT2D eigenvalue weighted by atomic mass is 35.5. The van der Waals surface area contributed by atoms with Gasteiger partial charge in [0.15, 0.2) is 0 Å². The fourth-order valence-corrected chi connectivity index (χ4v) is 3.44. The Labute approximate surface area is 180 Å². The third kappa shape index (κ3) is 4.94. The van der Waals surface area contributed by atoms with Crippen LogP contribution in [-0.2, 0) is 11.2 Å². The second-order valence-electron chi connectivity index (χ2n) is 6.84. The Morgan fingerprint density at radius 2 is 2.07 bits per heavy atom. The molecule has 0 saturated carbocycles. The lowest BCUT2D eigenvalue weighted by Gasteiger charge is -2.16. The van der Waals surface area contributed by atoms with Crippen LogP contribution in [0.2, 0.25) is 5.02 Å². The Bertz CT molecular complexity index is 1090. The van der Waals surface area contributed by atoms with E-state index in [1.54, 1.807) is 12.3 Å². The van der Waals surface area contributed by atoms with Crippen LogP contribution in [0.5, 0.6) is 5.75 Å². The first kappa shape index (κ1) is 21.3. The molecule has 0 aliphatic rings. The standard InChI is InChI=1S/C23H21ClN4O2/c1-15-7-19(16(2)22(24)23(15)30-6-5-26-14-29)8-17-3-4-21(28-12-17)20-9-18(10-25)11-27-13-20/h3-4,7,9,11-14H,5-6,8H2,1-2H3,(H,26,29). The summed E-state index contributed by atoms with van der Waals surface area (Å²) >= 11 is 6.55. The van der Waals surface area contributed by atoms with E-state index in [9.17, 15) is 4.79 Å². The van der Waals surface area contributed by atoms with Crippen LogP contribution in [0.1, 0.15) is 27.8 Å². The van der Waals surface area contributed by atoms with Crippen LogP contribution in [0.3, 0.4) is 0 Å². The maximum absolute atomic E-state index is 10.3. The Morgan fingerprint density at radius 3 is 2.77 bits per heavy atom. The molecule has 7 heteroatoms. The van der Waals surface area contributed by atoms with E-state index in [0.717, 1.165) is 33.5 Å². The van der Waals surface area contributed by atoms with Gasteiger partial charge in [0, 0.05) is 24.2 Å². The summed E-state index contributed by atoms with van der Waals surface area (Å²) in [6, 6.07) is 9.87. The zero-order valence-electron chi connectivity index (χ0n) is 16.8. The molecule has 0 atom stereocenters. The quantitative estimate of drug-likeness (QED) is 0.439. The Morgan fingerprint density at radius 1 is 1.23 bits per heavy atom. The summed E-state index contributed by atoms with van der Waals surface area (Å²) in [7, 11) is 0. The molecule has 0 aliphatic heterocycles. The van der Waals surface area contributed by atoms with Crippen LogP contribution in [0.4, 0.5) is 0 Å². The zero-order chi connectivity index (χ0) is 21.5. The molecule has 0 radical (unpaired) electrons. The number of rotatable bonds is 8. The van der Waals surface area contributed by atoms with Crippen molar-refractivity contribution in [2.24, 2.45) is 0 Å². The van der Waals surface area contributed by atoms with Crippen molar-refractivity contribution in [3.05, 3.63) is 75.7 Å². The first-order valence-corrected chi connectivity index (χ1v) is 9.80. The van der Waals surface area contributed by atoms with E-state index in [0.29, 0.717) is 42.3 Å². The molecule has 0 spiro atoms. The fourth-order valence-electron chi connectivity index (χ4n) is 3.11. The minimum Gasteiger partial charge on any atom is -0.490 e. The SMILES string of the molecule is Cc1cc(Cc2ccc(-c3cncc(C#N)c3)nc2)c(C)c(Cl)c1OCCNC=O. The molecule has 3 aromatic rings. The van der Waals surface area contributed by atoms with E-state index in [4.69, 9.17) is 21.6 Å². The molecule has 0 aliphatic carbocycles. The zero-order valence-corrected chi connectivity index (χ0v) is 17.5. The first-order chi connectivity index (χ1) is 14.5. The molecular weight excluding hydrogens is 400 g/mol. The normalized spacial score (nSPS) is 10.3. The van der Waals surface area contributed by atoms with E-state index >= 15 is 0 Å². The number of nitrogens with zero attached hydrogens (tertiary/aromatic N) is 3. The van der Waals surface area contributed by atoms with Crippen molar-refractivity contribution in [3.63, 3.8) is 0 Å². The number of carbonyl (C=O) groups excluding carboxylic acids is 1. The van der Waals surface area contributed by atoms with Crippen molar-refractivity contribution < 1.29 is 9.53 Å². The van der Waals surface area contributed by atoms with Crippen LogP contribution in [0, 0.1) is 25.2 Å². The van der Waals surface area contributed by atoms with Gasteiger partial charge in [-0.05, 0) is 54.7 Å². The maximum atomic E-state index is 10.3. The predicted molar refractivity (Wildman–Crippen MR) is 115 cm³/mol. The molecule has 0 bridgehead atoms. The van der Waals surface area contributed by atoms with Crippen LogP contribution < -0.4 is 10.1 Å². The van der Waals surface area contributed by atoms with Crippen LogP contribution in [0.15, 0.2) is 42.9 Å². The molecule has 2 aromatic heterocycles. The number of hydrogen-bond donors (Lipinski definition) is 1. The number of nitrogens with one attached hydrogen (secondary N) is 1. The lowest BCUT2D eigenvalue weighted by molar-refractivity contribution is -0.109. The van der Waals surface area contributed by atoms with Crippen molar-refractivity contribution in [1.82, 2.24) is 15.3 Å². The van der Waals surface area contributed by atoms with E-state index in [-0.39, 0.29) is 0 Å². The van der Waals surface area contributed by atoms with Crippen molar-refractivity contribution >= 4 is 18.0 Å². The molecule has 3 rings (SSSR count). The van der Waals surface area contributed by atoms with Gasteiger partial charge in [-0.15, -0.1) is 0 Å². The Hall–Kier alpha value is -3.43. The molecule has 1 aromatic carbocycles. The first-order valence-electron chi connectivity index (χ1n) is 9.42. The second kappa shape index (κ2) is 9.86. The summed E-state index contributed by atoms with van der Waals surface area (Å²) in [5.74, 6) is 0.643. The highest BCUT2D eigenvalue weighted by molar-refractivity contribution is 6.33. The van der Waals surface area contributed by atoms with Gasteiger partial charge in [-0.1, -0.05) is 23.7 Å². The molecule has 30 heavy (non-hydrogen) atoms. The van der Waals surface area contributed by atoms with Gasteiger partial charge in [0.1, 0.15) is 18.4 Å². The fraction of sp³-hybridized carbons (Fsp3) is 0.217. The summed E-state index contributed by atoms with van der Waals surface area (Å²) in [6.07, 6.45) is 6.37. The number of aryl methyl sites for hydroxylation is 1. The number of pyridine rings is 2. The van der Waals surface area contributed by atoms with Gasteiger partial charge in [-0.25, -0.2) is 0 Å². The van der Waals surface area contributed by atoms with Crippen molar-refractivity contribution in [1.29, 1.82) is 5.26 Å². The summed E-state index contributed by atoms with van der Waals surface area (Å²) < 4.78 is 5.74. The molecule has 152 valence electrons. The van der Waals surface area contributed by atoms with E-state index in [1.165, 1.54) is 6.20 Å². The maximum Gasteiger partial charge on any atom is 0.207 e. The van der Waals surface area contributed by atoms with Gasteiger partial charge < -0.3 is 10.1 Å². The molecule has 0 unspecified atom stereocenters. The molecule has 0 fully saturated rings. The number of carbonyl (C=O) groups is 1. The highest BCUT2D eigenvalue weighted by Crippen LogP contribution is 2.35. The van der Waals surface area contributed by atoms with Crippen molar-refractivity contribution in [2.45, 2.75) is 20.3 Å². The van der Waals surface area contributed by atoms with Gasteiger partial charge in [-0.2, -0.15) is 5.26 Å². The number of amides is 1.